The largest absolute Gasteiger partial charge is 0.348 e. The van der Waals surface area contributed by atoms with Gasteiger partial charge in [-0.3, -0.25) is 0 Å². The van der Waals surface area contributed by atoms with Crippen molar-refractivity contribution in [2.45, 2.75) is 20.0 Å². The Bertz CT molecular complexity index is 380. The van der Waals surface area contributed by atoms with Gasteiger partial charge in [-0.05, 0) is 28.8 Å². The van der Waals surface area contributed by atoms with Gasteiger partial charge in [0.25, 0.3) is 0 Å². The van der Waals surface area contributed by atoms with E-state index >= 15 is 0 Å². The average Bonchev–Trinajstić information content (AvgIpc) is 2.85. The van der Waals surface area contributed by atoms with E-state index in [9.17, 15) is 0 Å². The van der Waals surface area contributed by atoms with Crippen molar-refractivity contribution >= 4 is 17.3 Å². The molecule has 0 amide bonds. The molecule has 0 saturated heterocycles. The van der Waals surface area contributed by atoms with E-state index in [4.69, 9.17) is 0 Å². The van der Waals surface area contributed by atoms with Gasteiger partial charge < -0.3 is 5.32 Å². The van der Waals surface area contributed by atoms with Crippen molar-refractivity contribution in [1.29, 1.82) is 0 Å². The molecular weight excluding hydrogens is 198 g/mol. The number of hydrogen-bond acceptors (Lipinski definition) is 5. The summed E-state index contributed by atoms with van der Waals surface area (Å²) in [5.41, 5.74) is 0. The second kappa shape index (κ2) is 4.19. The Morgan fingerprint density at radius 2 is 2.50 bits per heavy atom. The normalized spacial score (nSPS) is 10.4. The standard InChI is InChI=1S/C8H11N5S/c1-2-13-8(10-11-12-13)9-6-7-4-3-5-14-7/h3-5H,2,6H2,1H3,(H,9,10,12). The highest BCUT2D eigenvalue weighted by Gasteiger charge is 2.02. The van der Waals surface area contributed by atoms with Gasteiger partial charge in [-0.2, -0.15) is 0 Å². The molecule has 2 aromatic heterocycles. The van der Waals surface area contributed by atoms with Gasteiger partial charge in [0.15, 0.2) is 0 Å². The fraction of sp³-hybridized carbons (Fsp3) is 0.375. The zero-order valence-corrected chi connectivity index (χ0v) is 8.66. The van der Waals surface area contributed by atoms with Crippen molar-refractivity contribution in [2.24, 2.45) is 0 Å². The lowest BCUT2D eigenvalue weighted by atomic mass is 10.5. The van der Waals surface area contributed by atoms with Crippen LogP contribution in [0.4, 0.5) is 5.95 Å². The summed E-state index contributed by atoms with van der Waals surface area (Å²) in [6.07, 6.45) is 0. The zero-order valence-electron chi connectivity index (χ0n) is 7.84. The molecule has 0 fully saturated rings. The Morgan fingerprint density at radius 3 is 3.21 bits per heavy atom. The van der Waals surface area contributed by atoms with Gasteiger partial charge >= 0.3 is 0 Å². The lowest BCUT2D eigenvalue weighted by Crippen LogP contribution is -2.06. The first-order valence-electron chi connectivity index (χ1n) is 4.42. The first-order chi connectivity index (χ1) is 6.90. The van der Waals surface area contributed by atoms with E-state index in [1.165, 1.54) is 4.88 Å². The number of nitrogens with one attached hydrogen (secondary N) is 1. The maximum Gasteiger partial charge on any atom is 0.243 e. The van der Waals surface area contributed by atoms with Gasteiger partial charge in [0.2, 0.25) is 5.95 Å². The number of tetrazole rings is 1. The van der Waals surface area contributed by atoms with Crippen LogP contribution in [0, 0.1) is 0 Å². The number of hydrogen-bond donors (Lipinski definition) is 1. The van der Waals surface area contributed by atoms with E-state index in [0.717, 1.165) is 19.0 Å². The van der Waals surface area contributed by atoms with E-state index in [1.807, 2.05) is 13.0 Å². The first kappa shape index (κ1) is 9.14. The Kier molecular flexibility index (Phi) is 2.73. The maximum atomic E-state index is 3.88. The molecule has 0 atom stereocenters. The van der Waals surface area contributed by atoms with E-state index in [0.29, 0.717) is 0 Å². The number of aryl methyl sites for hydroxylation is 1. The molecule has 0 saturated carbocycles. The molecule has 0 aromatic carbocycles. The van der Waals surface area contributed by atoms with Crippen molar-refractivity contribution in [2.75, 3.05) is 5.32 Å². The molecule has 0 aliphatic rings. The van der Waals surface area contributed by atoms with Crippen molar-refractivity contribution < 1.29 is 0 Å². The molecule has 0 aliphatic heterocycles. The van der Waals surface area contributed by atoms with Gasteiger partial charge in [0.05, 0.1) is 6.54 Å². The fourth-order valence-electron chi connectivity index (χ4n) is 1.12. The summed E-state index contributed by atoms with van der Waals surface area (Å²) >= 11 is 1.72. The van der Waals surface area contributed by atoms with E-state index in [2.05, 4.69) is 32.3 Å². The number of nitrogens with zero attached hydrogens (tertiary/aromatic N) is 4. The molecule has 0 aliphatic carbocycles. The maximum absolute atomic E-state index is 3.88. The molecular formula is C8H11N5S. The van der Waals surface area contributed by atoms with Crippen LogP contribution in [0.2, 0.25) is 0 Å². The van der Waals surface area contributed by atoms with Crippen LogP contribution in [0.25, 0.3) is 0 Å². The van der Waals surface area contributed by atoms with Gasteiger partial charge in [-0.25, -0.2) is 4.68 Å². The minimum Gasteiger partial charge on any atom is -0.348 e. The predicted molar refractivity (Wildman–Crippen MR) is 55.1 cm³/mol. The molecule has 74 valence electrons. The summed E-state index contributed by atoms with van der Waals surface area (Å²) in [6.45, 7) is 3.56. The van der Waals surface area contributed by atoms with Gasteiger partial charge in [-0.1, -0.05) is 11.2 Å². The SMILES string of the molecule is CCn1nnnc1NCc1cccs1. The van der Waals surface area contributed by atoms with Crippen molar-refractivity contribution in [3.8, 4) is 0 Å². The summed E-state index contributed by atoms with van der Waals surface area (Å²) < 4.78 is 1.73. The molecule has 0 bridgehead atoms. The summed E-state index contributed by atoms with van der Waals surface area (Å²) in [6, 6.07) is 4.11. The first-order valence-corrected chi connectivity index (χ1v) is 5.30. The highest BCUT2D eigenvalue weighted by atomic mass is 32.1. The highest BCUT2D eigenvalue weighted by molar-refractivity contribution is 7.09. The van der Waals surface area contributed by atoms with Crippen LogP contribution in [-0.4, -0.2) is 20.2 Å². The third kappa shape index (κ3) is 1.90. The number of aromatic nitrogens is 4. The molecule has 2 aromatic rings. The fourth-order valence-corrected chi connectivity index (χ4v) is 1.77. The van der Waals surface area contributed by atoms with Crippen molar-refractivity contribution in [3.05, 3.63) is 22.4 Å². The molecule has 0 spiro atoms. The molecule has 5 nitrogen and oxygen atoms in total. The Labute approximate surface area is 85.8 Å². The van der Waals surface area contributed by atoms with Crippen molar-refractivity contribution in [3.63, 3.8) is 0 Å². The summed E-state index contributed by atoms with van der Waals surface area (Å²) in [7, 11) is 0. The second-order valence-electron chi connectivity index (χ2n) is 2.75. The molecule has 0 unspecified atom stereocenters. The van der Waals surface area contributed by atoms with E-state index < -0.39 is 0 Å². The Balaban J connectivity index is 1.98. The van der Waals surface area contributed by atoms with Crippen LogP contribution in [0.5, 0.6) is 0 Å². The highest BCUT2D eigenvalue weighted by Crippen LogP contribution is 2.10. The van der Waals surface area contributed by atoms with Crippen LogP contribution in [0.15, 0.2) is 17.5 Å². The summed E-state index contributed by atoms with van der Waals surface area (Å²) in [4.78, 5) is 1.27. The van der Waals surface area contributed by atoms with Crippen LogP contribution in [-0.2, 0) is 13.1 Å². The second-order valence-corrected chi connectivity index (χ2v) is 3.78. The Morgan fingerprint density at radius 1 is 1.57 bits per heavy atom. The smallest absolute Gasteiger partial charge is 0.243 e. The summed E-state index contributed by atoms with van der Waals surface area (Å²) in [5, 5.41) is 16.5. The predicted octanol–water partition coefficient (Wildman–Crippen LogP) is 1.37. The number of rotatable bonds is 4. The van der Waals surface area contributed by atoms with E-state index in [1.54, 1.807) is 16.0 Å². The van der Waals surface area contributed by atoms with Gasteiger partial charge in [-0.15, -0.1) is 11.3 Å². The lowest BCUT2D eigenvalue weighted by Gasteiger charge is -2.02. The quantitative estimate of drug-likeness (QED) is 0.826. The minimum absolute atomic E-state index is 0.723. The summed E-state index contributed by atoms with van der Waals surface area (Å²) in [5.74, 6) is 0.723. The zero-order chi connectivity index (χ0) is 9.80. The van der Waals surface area contributed by atoms with Gasteiger partial charge in [0.1, 0.15) is 0 Å². The van der Waals surface area contributed by atoms with Crippen LogP contribution < -0.4 is 5.32 Å². The van der Waals surface area contributed by atoms with E-state index in [-0.39, 0.29) is 0 Å². The molecule has 14 heavy (non-hydrogen) atoms. The van der Waals surface area contributed by atoms with Crippen LogP contribution in [0.1, 0.15) is 11.8 Å². The molecule has 0 radical (unpaired) electrons. The van der Waals surface area contributed by atoms with Crippen LogP contribution >= 0.6 is 11.3 Å². The van der Waals surface area contributed by atoms with Crippen molar-refractivity contribution in [1.82, 2.24) is 20.2 Å². The molecule has 6 heteroatoms. The minimum atomic E-state index is 0.723. The van der Waals surface area contributed by atoms with Crippen LogP contribution in [0.3, 0.4) is 0 Å². The van der Waals surface area contributed by atoms with Gasteiger partial charge in [0, 0.05) is 11.4 Å². The monoisotopic (exact) mass is 209 g/mol. The third-order valence-electron chi connectivity index (χ3n) is 1.83. The topological polar surface area (TPSA) is 55.6 Å². The third-order valence-corrected chi connectivity index (χ3v) is 2.71. The number of anilines is 1. The Hall–Kier alpha value is -1.43. The number of thiophene rings is 1. The molecule has 1 N–H and O–H groups in total. The molecule has 2 rings (SSSR count). The molecule has 2 heterocycles. The lowest BCUT2D eigenvalue weighted by molar-refractivity contribution is 0.629. The average molecular weight is 209 g/mol.